The number of carbonyl (C=O) groups is 1. The first-order valence-corrected chi connectivity index (χ1v) is 8.16. The first-order chi connectivity index (χ1) is 11.6. The second-order valence-electron chi connectivity index (χ2n) is 6.96. The van der Waals surface area contributed by atoms with E-state index in [2.05, 4.69) is 4.98 Å². The molecule has 8 heteroatoms. The van der Waals surface area contributed by atoms with Crippen molar-refractivity contribution in [2.45, 2.75) is 51.1 Å². The number of hydrogen-bond donors (Lipinski definition) is 0. The van der Waals surface area contributed by atoms with Crippen LogP contribution in [0, 0.1) is 0 Å². The van der Waals surface area contributed by atoms with Gasteiger partial charge >= 0.3 is 13.1 Å². The van der Waals surface area contributed by atoms with Crippen LogP contribution in [0.3, 0.4) is 0 Å². The molecule has 0 N–H and O–H groups in total. The highest BCUT2D eigenvalue weighted by Gasteiger charge is 2.54. The number of rotatable bonds is 6. The smallest absolute Gasteiger partial charge is 0.466 e. The van der Waals surface area contributed by atoms with Crippen LogP contribution in [-0.4, -0.2) is 50.6 Å². The largest absolute Gasteiger partial charge is 0.481 e. The summed E-state index contributed by atoms with van der Waals surface area (Å²) in [6.45, 7) is 7.86. The highest BCUT2D eigenvalue weighted by Crippen LogP contribution is 2.43. The minimum Gasteiger partial charge on any atom is -0.481 e. The number of carbonyl (C=O) groups excluding carboxylic acids is 1. The maximum atomic E-state index is 12.0. The topological polar surface area (TPSA) is 76.1 Å². The highest BCUT2D eigenvalue weighted by atomic mass is 16.7. The maximum absolute atomic E-state index is 12.0. The van der Waals surface area contributed by atoms with E-state index in [1.807, 2.05) is 33.8 Å². The summed E-state index contributed by atoms with van der Waals surface area (Å²) >= 11 is 0. The van der Waals surface area contributed by atoms with Crippen molar-refractivity contribution in [2.24, 2.45) is 0 Å². The molecular weight excluding hydrogens is 325 g/mol. The summed E-state index contributed by atoms with van der Waals surface area (Å²) in [7, 11) is 3.77. The van der Waals surface area contributed by atoms with E-state index in [1.165, 1.54) is 21.3 Å². The van der Waals surface area contributed by atoms with Gasteiger partial charge in [-0.25, -0.2) is 0 Å². The zero-order valence-corrected chi connectivity index (χ0v) is 15.9. The number of pyridine rings is 1. The zero-order valence-electron chi connectivity index (χ0n) is 15.9. The third-order valence-electron chi connectivity index (χ3n) is 4.88. The Bertz CT molecular complexity index is 618. The Balaban J connectivity index is 2.43. The van der Waals surface area contributed by atoms with Gasteiger partial charge in [0, 0.05) is 17.4 Å². The molecule has 0 saturated carbocycles. The van der Waals surface area contributed by atoms with E-state index >= 15 is 0 Å². The lowest BCUT2D eigenvalue weighted by Crippen LogP contribution is -2.41. The molecule has 0 radical (unpaired) electrons. The second-order valence-corrected chi connectivity index (χ2v) is 6.96. The van der Waals surface area contributed by atoms with Gasteiger partial charge in [0.2, 0.25) is 11.8 Å². The van der Waals surface area contributed by atoms with Crippen molar-refractivity contribution >= 4 is 13.1 Å². The molecule has 0 bridgehead atoms. The lowest BCUT2D eigenvalue weighted by atomic mass is 9.66. The molecule has 138 valence electrons. The van der Waals surface area contributed by atoms with Crippen LogP contribution in [0.1, 0.15) is 45.5 Å². The second kappa shape index (κ2) is 7.21. The van der Waals surface area contributed by atoms with Gasteiger partial charge in [0.05, 0.1) is 39.0 Å². The van der Waals surface area contributed by atoms with Crippen LogP contribution in [0.15, 0.2) is 12.1 Å². The minimum atomic E-state index is -0.631. The van der Waals surface area contributed by atoms with Crippen molar-refractivity contribution in [1.82, 2.24) is 4.98 Å². The molecule has 1 aliphatic heterocycles. The molecule has 1 aromatic heterocycles. The molecule has 1 atom stereocenters. The van der Waals surface area contributed by atoms with E-state index in [0.29, 0.717) is 17.3 Å². The first kappa shape index (κ1) is 19.5. The van der Waals surface area contributed by atoms with E-state index in [9.17, 15) is 4.79 Å². The molecule has 0 amide bonds. The van der Waals surface area contributed by atoms with Crippen LogP contribution >= 0.6 is 0 Å². The molecular formula is C17H26BNO6. The van der Waals surface area contributed by atoms with Crippen LogP contribution in [0.5, 0.6) is 11.8 Å². The third kappa shape index (κ3) is 3.90. The molecule has 1 unspecified atom stereocenters. The highest BCUT2D eigenvalue weighted by molar-refractivity contribution is 6.48. The van der Waals surface area contributed by atoms with Gasteiger partial charge in [0.1, 0.15) is 0 Å². The number of hydrogen-bond acceptors (Lipinski definition) is 7. The molecule has 1 aromatic rings. The van der Waals surface area contributed by atoms with Crippen molar-refractivity contribution in [3.8, 4) is 11.8 Å². The minimum absolute atomic E-state index is 0.0810. The van der Waals surface area contributed by atoms with Gasteiger partial charge in [-0.2, -0.15) is 4.98 Å². The van der Waals surface area contributed by atoms with E-state index in [4.69, 9.17) is 23.5 Å². The average Bonchev–Trinajstić information content (AvgIpc) is 2.79. The predicted molar refractivity (Wildman–Crippen MR) is 92.8 cm³/mol. The summed E-state index contributed by atoms with van der Waals surface area (Å²) in [6, 6.07) is 3.52. The summed E-state index contributed by atoms with van der Waals surface area (Å²) in [6.07, 6.45) is 0.0810. The Labute approximate surface area is 149 Å². The predicted octanol–water partition coefficient (Wildman–Crippen LogP) is 2.38. The Kier molecular flexibility index (Phi) is 5.63. The standard InChI is InChI=1S/C17H26BNO6/c1-16(2)17(3,4)25-18(24-16)12(10-14(20)22-6)11-8-9-13(21-5)19-15(11)23-7/h8-9,12H,10H2,1-7H3. The van der Waals surface area contributed by atoms with Crippen molar-refractivity contribution in [1.29, 1.82) is 0 Å². The first-order valence-electron chi connectivity index (χ1n) is 8.16. The molecule has 25 heavy (non-hydrogen) atoms. The number of ether oxygens (including phenoxy) is 3. The molecule has 1 saturated heterocycles. The summed E-state index contributed by atoms with van der Waals surface area (Å²) in [5, 5.41) is 0. The SMILES string of the molecule is COC(=O)CC(B1OC(C)(C)C(C)(C)O1)c1ccc(OC)nc1OC. The van der Waals surface area contributed by atoms with Gasteiger partial charge < -0.3 is 23.5 Å². The summed E-state index contributed by atoms with van der Waals surface area (Å²) in [5.74, 6) is -0.00580. The van der Waals surface area contributed by atoms with Gasteiger partial charge in [-0.1, -0.05) is 0 Å². The number of nitrogens with zero attached hydrogens (tertiary/aromatic N) is 1. The quantitative estimate of drug-likeness (QED) is 0.575. The Morgan fingerprint density at radius 2 is 1.72 bits per heavy atom. The zero-order chi connectivity index (χ0) is 18.8. The summed E-state index contributed by atoms with van der Waals surface area (Å²) in [4.78, 5) is 16.3. The van der Waals surface area contributed by atoms with Gasteiger partial charge in [-0.3, -0.25) is 4.79 Å². The summed E-state index contributed by atoms with van der Waals surface area (Å²) < 4.78 is 27.7. The molecule has 0 aromatic carbocycles. The lowest BCUT2D eigenvalue weighted by molar-refractivity contribution is -0.140. The van der Waals surface area contributed by atoms with Gasteiger partial charge in [-0.15, -0.1) is 0 Å². The van der Waals surface area contributed by atoms with E-state index in [-0.39, 0.29) is 12.4 Å². The fourth-order valence-electron chi connectivity index (χ4n) is 2.66. The van der Waals surface area contributed by atoms with Crippen LogP contribution in [-0.2, 0) is 18.8 Å². The van der Waals surface area contributed by atoms with Gasteiger partial charge in [0.25, 0.3) is 0 Å². The molecule has 0 spiro atoms. The molecule has 7 nitrogen and oxygen atoms in total. The van der Waals surface area contributed by atoms with Crippen LogP contribution < -0.4 is 9.47 Å². The Morgan fingerprint density at radius 1 is 1.12 bits per heavy atom. The van der Waals surface area contributed by atoms with Crippen LogP contribution in [0.25, 0.3) is 0 Å². The fraction of sp³-hybridized carbons (Fsp3) is 0.647. The molecule has 2 heterocycles. The van der Waals surface area contributed by atoms with Gasteiger partial charge in [0.15, 0.2) is 0 Å². The lowest BCUT2D eigenvalue weighted by Gasteiger charge is -2.32. The van der Waals surface area contributed by atoms with E-state index < -0.39 is 24.1 Å². The molecule has 2 rings (SSSR count). The van der Waals surface area contributed by atoms with Gasteiger partial charge in [-0.05, 0) is 33.8 Å². The van der Waals surface area contributed by atoms with Crippen molar-refractivity contribution in [3.05, 3.63) is 17.7 Å². The maximum Gasteiger partial charge on any atom is 0.466 e. The Hall–Kier alpha value is -1.80. The monoisotopic (exact) mass is 351 g/mol. The van der Waals surface area contributed by atoms with Crippen LogP contribution in [0.4, 0.5) is 0 Å². The molecule has 1 fully saturated rings. The molecule has 0 aliphatic carbocycles. The van der Waals surface area contributed by atoms with Crippen LogP contribution in [0.2, 0.25) is 0 Å². The number of aromatic nitrogens is 1. The van der Waals surface area contributed by atoms with Crippen molar-refractivity contribution < 1.29 is 28.3 Å². The van der Waals surface area contributed by atoms with Crippen molar-refractivity contribution in [2.75, 3.05) is 21.3 Å². The van der Waals surface area contributed by atoms with E-state index in [0.717, 1.165) is 0 Å². The third-order valence-corrected chi connectivity index (χ3v) is 4.88. The summed E-state index contributed by atoms with van der Waals surface area (Å²) in [5.41, 5.74) is -0.328. The number of esters is 1. The van der Waals surface area contributed by atoms with Crippen molar-refractivity contribution in [3.63, 3.8) is 0 Å². The average molecular weight is 351 g/mol. The molecule has 1 aliphatic rings. The normalized spacial score (nSPS) is 19.4. The fourth-order valence-corrected chi connectivity index (χ4v) is 2.66. The Morgan fingerprint density at radius 3 is 2.20 bits per heavy atom. The number of methoxy groups -OCH3 is 3. The van der Waals surface area contributed by atoms with E-state index in [1.54, 1.807) is 6.07 Å².